The molecule has 5 nitrogen and oxygen atoms in total. The van der Waals surface area contributed by atoms with Crippen LogP contribution in [0.1, 0.15) is 11.8 Å². The Morgan fingerprint density at radius 2 is 2.29 bits per heavy atom. The lowest BCUT2D eigenvalue weighted by atomic mass is 10.3. The maximum atomic E-state index is 12.2. The number of rotatable bonds is 7. The van der Waals surface area contributed by atoms with Gasteiger partial charge < -0.3 is 14.6 Å². The van der Waals surface area contributed by atoms with Crippen LogP contribution in [0.25, 0.3) is 11.0 Å². The molecule has 0 fully saturated rings. The summed E-state index contributed by atoms with van der Waals surface area (Å²) in [6, 6.07) is 9.79. The quantitative estimate of drug-likeness (QED) is 0.651. The van der Waals surface area contributed by atoms with E-state index in [9.17, 15) is 4.79 Å². The Morgan fingerprint density at radius 1 is 1.42 bits per heavy atom. The standard InChI is InChI=1S/C17H19N3O2S2/c1-3-22-12-6-7-14-15(9-12)19-17(18-14)24-11-16(21)20(2)10-13-5-4-8-23-13/h4-9H,3,10-11H2,1-2H3,(H,18,19). The fourth-order valence-electron chi connectivity index (χ4n) is 2.25. The van der Waals surface area contributed by atoms with Crippen LogP contribution in [0, 0.1) is 0 Å². The van der Waals surface area contributed by atoms with Gasteiger partial charge in [0, 0.05) is 18.0 Å². The maximum absolute atomic E-state index is 12.2. The summed E-state index contributed by atoms with van der Waals surface area (Å²) in [6.07, 6.45) is 0. The smallest absolute Gasteiger partial charge is 0.233 e. The number of nitrogens with one attached hydrogen (secondary N) is 1. The van der Waals surface area contributed by atoms with Crippen molar-refractivity contribution in [3.8, 4) is 5.75 Å². The first-order valence-electron chi connectivity index (χ1n) is 7.67. The van der Waals surface area contributed by atoms with Crippen LogP contribution in [-0.4, -0.2) is 40.2 Å². The van der Waals surface area contributed by atoms with Crippen molar-refractivity contribution >= 4 is 40.0 Å². The zero-order chi connectivity index (χ0) is 16.9. The molecule has 1 N–H and O–H groups in total. The molecule has 126 valence electrons. The SMILES string of the molecule is CCOc1ccc2nc(SCC(=O)N(C)Cc3cccs3)[nH]c2c1. The highest BCUT2D eigenvalue weighted by Crippen LogP contribution is 2.23. The van der Waals surface area contributed by atoms with E-state index in [1.54, 1.807) is 16.2 Å². The van der Waals surface area contributed by atoms with Crippen molar-refractivity contribution < 1.29 is 9.53 Å². The van der Waals surface area contributed by atoms with Gasteiger partial charge in [0.25, 0.3) is 0 Å². The van der Waals surface area contributed by atoms with Crippen molar-refractivity contribution in [1.29, 1.82) is 0 Å². The van der Waals surface area contributed by atoms with Crippen molar-refractivity contribution in [2.24, 2.45) is 0 Å². The molecule has 3 aromatic rings. The van der Waals surface area contributed by atoms with E-state index >= 15 is 0 Å². The Morgan fingerprint density at radius 3 is 3.04 bits per heavy atom. The maximum Gasteiger partial charge on any atom is 0.233 e. The summed E-state index contributed by atoms with van der Waals surface area (Å²) < 4.78 is 5.49. The molecule has 0 aliphatic rings. The molecule has 1 amide bonds. The van der Waals surface area contributed by atoms with E-state index in [1.165, 1.54) is 16.6 Å². The zero-order valence-corrected chi connectivity index (χ0v) is 15.2. The van der Waals surface area contributed by atoms with Crippen molar-refractivity contribution in [3.05, 3.63) is 40.6 Å². The van der Waals surface area contributed by atoms with Crippen molar-refractivity contribution in [2.45, 2.75) is 18.6 Å². The number of hydrogen-bond donors (Lipinski definition) is 1. The molecule has 0 unspecified atom stereocenters. The minimum atomic E-state index is 0.0869. The third-order valence-corrected chi connectivity index (χ3v) is 5.19. The van der Waals surface area contributed by atoms with Crippen LogP contribution in [0.3, 0.4) is 0 Å². The lowest BCUT2D eigenvalue weighted by molar-refractivity contribution is -0.127. The fraction of sp³-hybridized carbons (Fsp3) is 0.294. The number of aromatic nitrogens is 2. The number of H-pyrrole nitrogens is 1. The molecule has 2 aromatic heterocycles. The van der Waals surface area contributed by atoms with Crippen LogP contribution in [0.2, 0.25) is 0 Å². The molecule has 24 heavy (non-hydrogen) atoms. The van der Waals surface area contributed by atoms with Gasteiger partial charge in [-0.1, -0.05) is 17.8 Å². The predicted octanol–water partition coefficient (Wildman–Crippen LogP) is 3.77. The van der Waals surface area contributed by atoms with Gasteiger partial charge in [0.1, 0.15) is 5.75 Å². The molecule has 0 atom stereocenters. The normalized spacial score (nSPS) is 10.9. The number of amides is 1. The number of carbonyl (C=O) groups is 1. The summed E-state index contributed by atoms with van der Waals surface area (Å²) in [5.41, 5.74) is 1.79. The average molecular weight is 361 g/mol. The highest BCUT2D eigenvalue weighted by Gasteiger charge is 2.12. The number of thiophene rings is 1. The van der Waals surface area contributed by atoms with Crippen LogP contribution in [-0.2, 0) is 11.3 Å². The summed E-state index contributed by atoms with van der Waals surface area (Å²) >= 11 is 3.08. The minimum absolute atomic E-state index is 0.0869. The number of benzene rings is 1. The van der Waals surface area contributed by atoms with Crippen molar-refractivity contribution in [2.75, 3.05) is 19.4 Å². The number of ether oxygens (including phenoxy) is 1. The van der Waals surface area contributed by atoms with Gasteiger partial charge in [-0.2, -0.15) is 0 Å². The van der Waals surface area contributed by atoms with Crippen LogP contribution in [0.5, 0.6) is 5.75 Å². The summed E-state index contributed by atoms with van der Waals surface area (Å²) in [5.74, 6) is 1.26. The second-order valence-corrected chi connectivity index (χ2v) is 7.27. The van der Waals surface area contributed by atoms with Crippen molar-refractivity contribution in [3.63, 3.8) is 0 Å². The number of nitrogens with zero attached hydrogens (tertiary/aromatic N) is 2. The highest BCUT2D eigenvalue weighted by molar-refractivity contribution is 7.99. The summed E-state index contributed by atoms with van der Waals surface area (Å²) in [7, 11) is 1.83. The van der Waals surface area contributed by atoms with Crippen LogP contribution < -0.4 is 4.74 Å². The first-order valence-corrected chi connectivity index (χ1v) is 9.54. The minimum Gasteiger partial charge on any atom is -0.494 e. The summed E-state index contributed by atoms with van der Waals surface area (Å²) in [6.45, 7) is 3.23. The van der Waals surface area contributed by atoms with Crippen LogP contribution >= 0.6 is 23.1 Å². The Kier molecular flexibility index (Phi) is 5.42. The third-order valence-electron chi connectivity index (χ3n) is 3.47. The number of hydrogen-bond acceptors (Lipinski definition) is 5. The molecule has 7 heteroatoms. The molecule has 1 aromatic carbocycles. The lowest BCUT2D eigenvalue weighted by Gasteiger charge is -2.15. The topological polar surface area (TPSA) is 58.2 Å². The molecule has 0 radical (unpaired) electrons. The lowest BCUT2D eigenvalue weighted by Crippen LogP contribution is -2.27. The first kappa shape index (κ1) is 16.9. The van der Waals surface area contributed by atoms with E-state index in [2.05, 4.69) is 9.97 Å². The molecule has 0 saturated heterocycles. The van der Waals surface area contributed by atoms with E-state index < -0.39 is 0 Å². The van der Waals surface area contributed by atoms with Crippen LogP contribution in [0.4, 0.5) is 0 Å². The molecular weight excluding hydrogens is 342 g/mol. The number of aromatic amines is 1. The van der Waals surface area contributed by atoms with Gasteiger partial charge in [-0.25, -0.2) is 4.98 Å². The summed E-state index contributed by atoms with van der Waals surface area (Å²) in [4.78, 5) is 22.9. The zero-order valence-electron chi connectivity index (χ0n) is 13.6. The molecule has 0 saturated carbocycles. The Labute approximate surface area is 149 Å². The Hall–Kier alpha value is -1.99. The number of carbonyl (C=O) groups excluding carboxylic acids is 1. The van der Waals surface area contributed by atoms with Gasteiger partial charge in [-0.3, -0.25) is 4.79 Å². The van der Waals surface area contributed by atoms with E-state index in [-0.39, 0.29) is 5.91 Å². The fourth-order valence-corrected chi connectivity index (χ4v) is 3.84. The summed E-state index contributed by atoms with van der Waals surface area (Å²) in [5, 5.41) is 2.77. The third kappa shape index (κ3) is 4.10. The Bertz CT molecular complexity index is 814. The number of imidazole rings is 1. The van der Waals surface area contributed by atoms with E-state index in [0.29, 0.717) is 18.9 Å². The second kappa shape index (κ2) is 7.72. The molecular formula is C17H19N3O2S2. The van der Waals surface area contributed by atoms with Gasteiger partial charge in [0.2, 0.25) is 5.91 Å². The van der Waals surface area contributed by atoms with Gasteiger partial charge in [-0.05, 0) is 30.5 Å². The molecule has 0 spiro atoms. The van der Waals surface area contributed by atoms with Crippen LogP contribution in [0.15, 0.2) is 40.9 Å². The average Bonchev–Trinajstić information content (AvgIpc) is 3.21. The Balaban J connectivity index is 1.59. The van der Waals surface area contributed by atoms with Gasteiger partial charge in [-0.15, -0.1) is 11.3 Å². The highest BCUT2D eigenvalue weighted by atomic mass is 32.2. The van der Waals surface area contributed by atoms with Gasteiger partial charge in [0.15, 0.2) is 5.16 Å². The van der Waals surface area contributed by atoms with Gasteiger partial charge >= 0.3 is 0 Å². The molecule has 0 bridgehead atoms. The number of thioether (sulfide) groups is 1. The van der Waals surface area contributed by atoms with E-state index in [1.807, 2.05) is 49.7 Å². The molecule has 2 heterocycles. The predicted molar refractivity (Wildman–Crippen MR) is 98.8 cm³/mol. The molecule has 3 rings (SSSR count). The monoisotopic (exact) mass is 361 g/mol. The number of fused-ring (bicyclic) bond motifs is 1. The van der Waals surface area contributed by atoms with Gasteiger partial charge in [0.05, 0.1) is 29.9 Å². The van der Waals surface area contributed by atoms with E-state index in [0.717, 1.165) is 21.9 Å². The molecule has 0 aliphatic heterocycles. The first-order chi connectivity index (χ1) is 11.7. The largest absolute Gasteiger partial charge is 0.494 e. The second-order valence-electron chi connectivity index (χ2n) is 5.27. The molecule has 0 aliphatic carbocycles. The van der Waals surface area contributed by atoms with E-state index in [4.69, 9.17) is 4.74 Å². The van der Waals surface area contributed by atoms with Crippen molar-refractivity contribution in [1.82, 2.24) is 14.9 Å².